The van der Waals surface area contributed by atoms with Gasteiger partial charge in [0.2, 0.25) is 0 Å². The number of aliphatic hydroxyl groups is 2. The van der Waals surface area contributed by atoms with Crippen molar-refractivity contribution in [2.75, 3.05) is 27.9 Å². The topological polar surface area (TPSA) is 77.4 Å². The molecule has 25 heavy (non-hydrogen) atoms. The normalized spacial score (nSPS) is 13.0. The maximum atomic E-state index is 10.5. The third-order valence-corrected chi connectivity index (χ3v) is 3.85. The molecule has 2 unspecified atom stereocenters. The van der Waals surface area contributed by atoms with E-state index < -0.39 is 12.2 Å². The number of benzene rings is 2. The second kappa shape index (κ2) is 9.15. The van der Waals surface area contributed by atoms with Crippen molar-refractivity contribution in [3.05, 3.63) is 48.0 Å². The lowest BCUT2D eigenvalue weighted by Gasteiger charge is -2.23. The van der Waals surface area contributed by atoms with E-state index >= 15 is 0 Å². The van der Waals surface area contributed by atoms with E-state index in [0.29, 0.717) is 29.4 Å². The number of ether oxygens (including phenoxy) is 4. The number of aliphatic hydroxyl groups excluding tert-OH is 2. The maximum absolute atomic E-state index is 10.5. The van der Waals surface area contributed by atoms with Crippen molar-refractivity contribution in [3.8, 4) is 23.0 Å². The number of rotatable bonds is 9. The zero-order valence-corrected chi connectivity index (χ0v) is 14.6. The molecule has 0 amide bonds. The van der Waals surface area contributed by atoms with Crippen molar-refractivity contribution in [1.82, 2.24) is 0 Å². The van der Waals surface area contributed by atoms with E-state index in [-0.39, 0.29) is 6.61 Å². The summed E-state index contributed by atoms with van der Waals surface area (Å²) in [4.78, 5) is 0. The molecule has 136 valence electrons. The van der Waals surface area contributed by atoms with Crippen LogP contribution in [-0.4, -0.2) is 50.4 Å². The Bertz CT molecular complexity index is 673. The Balaban J connectivity index is 2.10. The first kappa shape index (κ1) is 18.9. The Hall–Kier alpha value is -2.44. The molecule has 6 nitrogen and oxygen atoms in total. The highest BCUT2D eigenvalue weighted by molar-refractivity contribution is 5.43. The van der Waals surface area contributed by atoms with Crippen LogP contribution in [-0.2, 0) is 6.42 Å². The van der Waals surface area contributed by atoms with Gasteiger partial charge in [0, 0.05) is 6.42 Å². The fraction of sp³-hybridized carbons (Fsp3) is 0.368. The smallest absolute Gasteiger partial charge is 0.161 e. The number of methoxy groups -OCH3 is 3. The predicted molar refractivity (Wildman–Crippen MR) is 93.8 cm³/mol. The summed E-state index contributed by atoms with van der Waals surface area (Å²) in [6.07, 6.45) is -1.40. The van der Waals surface area contributed by atoms with Crippen LogP contribution in [0.2, 0.25) is 0 Å². The third kappa shape index (κ3) is 4.78. The molecule has 0 heterocycles. The minimum absolute atomic E-state index is 0.292. The van der Waals surface area contributed by atoms with Gasteiger partial charge < -0.3 is 29.2 Å². The van der Waals surface area contributed by atoms with E-state index in [1.807, 2.05) is 12.1 Å². The molecular weight excluding hydrogens is 324 g/mol. The molecule has 2 aromatic carbocycles. The Labute approximate surface area is 147 Å². The highest BCUT2D eigenvalue weighted by Crippen LogP contribution is 2.30. The van der Waals surface area contributed by atoms with Crippen LogP contribution in [0.4, 0.5) is 0 Å². The van der Waals surface area contributed by atoms with Gasteiger partial charge in [0.1, 0.15) is 6.10 Å². The van der Waals surface area contributed by atoms with E-state index in [0.717, 1.165) is 5.56 Å². The molecule has 0 aliphatic rings. The standard InChI is InChI=1S/C19H24O6/c1-22-15-6-4-5-7-17(15)25-19(12-20)14(21)10-13-8-9-16(23-2)18(11-13)24-3/h4-9,11,14,19-21H,10,12H2,1-3H3. The molecule has 0 aromatic heterocycles. The van der Waals surface area contributed by atoms with Crippen molar-refractivity contribution in [2.24, 2.45) is 0 Å². The molecule has 0 fully saturated rings. The van der Waals surface area contributed by atoms with Crippen molar-refractivity contribution < 1.29 is 29.2 Å². The van der Waals surface area contributed by atoms with E-state index in [9.17, 15) is 10.2 Å². The Morgan fingerprint density at radius 3 is 2.04 bits per heavy atom. The van der Waals surface area contributed by atoms with Crippen LogP contribution in [0.15, 0.2) is 42.5 Å². The van der Waals surface area contributed by atoms with Crippen molar-refractivity contribution in [1.29, 1.82) is 0 Å². The Kier molecular flexibility index (Phi) is 6.91. The summed E-state index contributed by atoms with van der Waals surface area (Å²) in [5.41, 5.74) is 0.840. The summed E-state index contributed by atoms with van der Waals surface area (Å²) in [6, 6.07) is 12.5. The molecule has 0 saturated carbocycles. The van der Waals surface area contributed by atoms with Crippen LogP contribution in [0, 0.1) is 0 Å². The first-order valence-corrected chi connectivity index (χ1v) is 7.92. The van der Waals surface area contributed by atoms with Crippen LogP contribution in [0.25, 0.3) is 0 Å². The average Bonchev–Trinajstić information content (AvgIpc) is 2.66. The van der Waals surface area contributed by atoms with Gasteiger partial charge in [-0.25, -0.2) is 0 Å². The summed E-state index contributed by atoms with van der Waals surface area (Å²) in [5.74, 6) is 2.21. The first-order valence-electron chi connectivity index (χ1n) is 7.92. The predicted octanol–water partition coefficient (Wildman–Crippen LogP) is 2.06. The number of para-hydroxylation sites is 2. The summed E-state index contributed by atoms with van der Waals surface area (Å²) >= 11 is 0. The average molecular weight is 348 g/mol. The van der Waals surface area contributed by atoms with E-state index in [1.165, 1.54) is 7.11 Å². The third-order valence-electron chi connectivity index (χ3n) is 3.85. The molecule has 0 bridgehead atoms. The molecule has 2 aromatic rings. The molecule has 0 spiro atoms. The van der Waals surface area contributed by atoms with Crippen LogP contribution < -0.4 is 18.9 Å². The van der Waals surface area contributed by atoms with Crippen LogP contribution in [0.3, 0.4) is 0 Å². The quantitative estimate of drug-likeness (QED) is 0.722. The van der Waals surface area contributed by atoms with Gasteiger partial charge in [-0.2, -0.15) is 0 Å². The summed E-state index contributed by atoms with van der Waals surface area (Å²) in [6.45, 7) is -0.327. The van der Waals surface area contributed by atoms with Crippen LogP contribution >= 0.6 is 0 Å². The van der Waals surface area contributed by atoms with Gasteiger partial charge in [-0.15, -0.1) is 0 Å². The van der Waals surface area contributed by atoms with E-state index in [1.54, 1.807) is 44.6 Å². The Morgan fingerprint density at radius 2 is 1.44 bits per heavy atom. The maximum Gasteiger partial charge on any atom is 0.161 e. The largest absolute Gasteiger partial charge is 0.493 e. The van der Waals surface area contributed by atoms with Crippen molar-refractivity contribution in [2.45, 2.75) is 18.6 Å². The highest BCUT2D eigenvalue weighted by Gasteiger charge is 2.22. The van der Waals surface area contributed by atoms with Gasteiger partial charge in [0.25, 0.3) is 0 Å². The lowest BCUT2D eigenvalue weighted by Crippen LogP contribution is -2.36. The van der Waals surface area contributed by atoms with Crippen LogP contribution in [0.5, 0.6) is 23.0 Å². The summed E-state index contributed by atoms with van der Waals surface area (Å²) < 4.78 is 21.4. The second-order valence-corrected chi connectivity index (χ2v) is 5.45. The lowest BCUT2D eigenvalue weighted by molar-refractivity contribution is 0.00137. The molecule has 2 rings (SSSR count). The van der Waals surface area contributed by atoms with Gasteiger partial charge in [-0.05, 0) is 29.8 Å². The van der Waals surface area contributed by atoms with E-state index in [2.05, 4.69) is 0 Å². The minimum Gasteiger partial charge on any atom is -0.493 e. The van der Waals surface area contributed by atoms with Crippen LogP contribution in [0.1, 0.15) is 5.56 Å². The molecule has 2 atom stereocenters. The highest BCUT2D eigenvalue weighted by atomic mass is 16.5. The second-order valence-electron chi connectivity index (χ2n) is 5.45. The van der Waals surface area contributed by atoms with Gasteiger partial charge in [0.15, 0.2) is 23.0 Å². The molecule has 0 saturated heterocycles. The fourth-order valence-electron chi connectivity index (χ4n) is 2.50. The van der Waals surface area contributed by atoms with Gasteiger partial charge in [-0.1, -0.05) is 18.2 Å². The fourth-order valence-corrected chi connectivity index (χ4v) is 2.50. The molecule has 6 heteroatoms. The van der Waals surface area contributed by atoms with Gasteiger partial charge in [-0.3, -0.25) is 0 Å². The molecule has 0 aliphatic carbocycles. The van der Waals surface area contributed by atoms with Gasteiger partial charge in [0.05, 0.1) is 34.0 Å². The summed E-state index contributed by atoms with van der Waals surface area (Å²) in [7, 11) is 4.66. The van der Waals surface area contributed by atoms with Crippen molar-refractivity contribution in [3.63, 3.8) is 0 Å². The zero-order chi connectivity index (χ0) is 18.2. The van der Waals surface area contributed by atoms with E-state index in [4.69, 9.17) is 18.9 Å². The Morgan fingerprint density at radius 1 is 0.840 bits per heavy atom. The molecule has 0 aliphatic heterocycles. The summed E-state index contributed by atoms with van der Waals surface area (Å²) in [5, 5.41) is 20.1. The number of hydrogen-bond donors (Lipinski definition) is 2. The lowest BCUT2D eigenvalue weighted by atomic mass is 10.0. The SMILES string of the molecule is COc1ccc(CC(O)C(CO)Oc2ccccc2OC)cc1OC. The molecule has 0 radical (unpaired) electrons. The molecule has 2 N–H and O–H groups in total. The monoisotopic (exact) mass is 348 g/mol. The zero-order valence-electron chi connectivity index (χ0n) is 14.6. The van der Waals surface area contributed by atoms with Crippen molar-refractivity contribution >= 4 is 0 Å². The minimum atomic E-state index is -0.909. The first-order chi connectivity index (χ1) is 12.1. The number of hydrogen-bond acceptors (Lipinski definition) is 6. The van der Waals surface area contributed by atoms with Gasteiger partial charge >= 0.3 is 0 Å². The molecular formula is C19H24O6.